The molecule has 2 aromatic rings. The van der Waals surface area contributed by atoms with Crippen molar-refractivity contribution in [2.75, 3.05) is 19.6 Å². The minimum atomic E-state index is 0.165. The van der Waals surface area contributed by atoms with Gasteiger partial charge in [0.2, 0.25) is 0 Å². The molecule has 0 saturated carbocycles. The van der Waals surface area contributed by atoms with Crippen LogP contribution >= 0.6 is 0 Å². The molecule has 2 bridgehead atoms. The first kappa shape index (κ1) is 12.7. The Morgan fingerprint density at radius 2 is 2.00 bits per heavy atom. The van der Waals surface area contributed by atoms with Gasteiger partial charge in [0, 0.05) is 24.9 Å². The second-order valence-electron chi connectivity index (χ2n) is 7.16. The summed E-state index contributed by atoms with van der Waals surface area (Å²) in [7, 11) is 0. The minimum absolute atomic E-state index is 0.165. The number of rotatable bonds is 1. The maximum Gasteiger partial charge on any atom is 0.333 e. The highest BCUT2D eigenvalue weighted by Crippen LogP contribution is 2.36. The molecule has 0 radical (unpaired) electrons. The molecular weight excluding hydrogens is 274 g/mol. The van der Waals surface area contributed by atoms with E-state index < -0.39 is 0 Å². The van der Waals surface area contributed by atoms with E-state index in [0.717, 1.165) is 24.3 Å². The Hall–Kier alpha value is -1.81. The molecule has 0 N–H and O–H groups in total. The molecule has 6 rings (SSSR count). The number of benzene rings is 1. The molecule has 4 heteroatoms. The Bertz CT molecular complexity index is 808. The molecule has 0 aliphatic carbocycles. The van der Waals surface area contributed by atoms with Crippen molar-refractivity contribution >= 4 is 0 Å². The molecule has 1 atom stereocenters. The molecule has 4 nitrogen and oxygen atoms in total. The van der Waals surface area contributed by atoms with Gasteiger partial charge in [-0.1, -0.05) is 12.1 Å². The molecule has 22 heavy (non-hydrogen) atoms. The zero-order chi connectivity index (χ0) is 14.8. The van der Waals surface area contributed by atoms with Gasteiger partial charge >= 0.3 is 5.69 Å². The number of aryl methyl sites for hydroxylation is 1. The lowest BCUT2D eigenvalue weighted by molar-refractivity contribution is 0.0554. The summed E-state index contributed by atoms with van der Waals surface area (Å²) in [5.74, 6) is 0.683. The highest BCUT2D eigenvalue weighted by atomic mass is 16.1. The Labute approximate surface area is 130 Å². The van der Waals surface area contributed by atoms with Crippen LogP contribution in [0.25, 0.3) is 5.69 Å². The number of hydrogen-bond donors (Lipinski definition) is 0. The Kier molecular flexibility index (Phi) is 2.51. The highest BCUT2D eigenvalue weighted by Gasteiger charge is 2.37. The van der Waals surface area contributed by atoms with Crippen LogP contribution < -0.4 is 5.69 Å². The SMILES string of the molecule is Cc1ccc2c(c1)-n1c(cn(C3CN4CCC3CC4)c1=O)C2. The van der Waals surface area contributed by atoms with Crippen LogP contribution in [0.15, 0.2) is 29.2 Å². The Morgan fingerprint density at radius 1 is 1.18 bits per heavy atom. The fourth-order valence-corrected chi connectivity index (χ4v) is 4.61. The number of hydrogen-bond acceptors (Lipinski definition) is 2. The van der Waals surface area contributed by atoms with E-state index in [4.69, 9.17) is 0 Å². The Balaban J connectivity index is 1.62. The average Bonchev–Trinajstić information content (AvgIpc) is 3.05. The summed E-state index contributed by atoms with van der Waals surface area (Å²) < 4.78 is 3.98. The molecule has 5 heterocycles. The topological polar surface area (TPSA) is 30.2 Å². The van der Waals surface area contributed by atoms with Crippen molar-refractivity contribution < 1.29 is 0 Å². The summed E-state index contributed by atoms with van der Waals surface area (Å²) in [6, 6.07) is 6.82. The van der Waals surface area contributed by atoms with Crippen molar-refractivity contribution in [2.45, 2.75) is 32.2 Å². The predicted molar refractivity (Wildman–Crippen MR) is 85.8 cm³/mol. The smallest absolute Gasteiger partial charge is 0.301 e. The fraction of sp³-hybridized carbons (Fsp3) is 0.500. The standard InChI is InChI=1S/C18H21N3O/c1-12-2-3-14-9-15-10-20(18(22)21(15)16(14)8-12)17-11-19-6-4-13(17)5-7-19/h2-3,8,10,13,17H,4-7,9,11H2,1H3. The Morgan fingerprint density at radius 3 is 2.73 bits per heavy atom. The molecule has 4 aliphatic heterocycles. The molecule has 1 aromatic heterocycles. The van der Waals surface area contributed by atoms with E-state index in [-0.39, 0.29) is 5.69 Å². The van der Waals surface area contributed by atoms with Crippen LogP contribution in [0, 0.1) is 12.8 Å². The number of fused-ring (bicyclic) bond motifs is 6. The number of aromatic nitrogens is 2. The molecule has 114 valence electrons. The van der Waals surface area contributed by atoms with Gasteiger partial charge in [0.25, 0.3) is 0 Å². The van der Waals surface area contributed by atoms with Crippen molar-refractivity contribution in [1.82, 2.24) is 14.0 Å². The summed E-state index contributed by atoms with van der Waals surface area (Å²) in [6.45, 7) is 5.57. The van der Waals surface area contributed by atoms with Crippen molar-refractivity contribution in [3.8, 4) is 5.69 Å². The van der Waals surface area contributed by atoms with Gasteiger partial charge in [0.15, 0.2) is 0 Å². The average molecular weight is 295 g/mol. The second-order valence-corrected chi connectivity index (χ2v) is 7.16. The third-order valence-electron chi connectivity index (χ3n) is 5.82. The molecule has 4 aliphatic rings. The summed E-state index contributed by atoms with van der Waals surface area (Å²) in [6.07, 6.45) is 5.50. The van der Waals surface area contributed by atoms with Gasteiger partial charge in [-0.2, -0.15) is 0 Å². The lowest BCUT2D eigenvalue weighted by Gasteiger charge is -2.44. The maximum atomic E-state index is 13.0. The van der Waals surface area contributed by atoms with E-state index in [1.807, 2.05) is 9.13 Å². The van der Waals surface area contributed by atoms with Crippen LogP contribution in [0.4, 0.5) is 0 Å². The largest absolute Gasteiger partial charge is 0.333 e. The molecule has 0 spiro atoms. The quantitative estimate of drug-likeness (QED) is 0.688. The summed E-state index contributed by atoms with van der Waals surface area (Å²) in [5, 5.41) is 0. The van der Waals surface area contributed by atoms with E-state index in [1.54, 1.807) is 0 Å². The van der Waals surface area contributed by atoms with Crippen LogP contribution in [0.5, 0.6) is 0 Å². The van der Waals surface area contributed by atoms with Crippen LogP contribution in [-0.4, -0.2) is 33.7 Å². The summed E-state index contributed by atoms with van der Waals surface area (Å²) in [5.41, 5.74) is 4.91. The van der Waals surface area contributed by atoms with E-state index in [0.29, 0.717) is 12.0 Å². The first-order valence-electron chi connectivity index (χ1n) is 8.36. The van der Waals surface area contributed by atoms with Crippen LogP contribution in [0.3, 0.4) is 0 Å². The molecule has 3 saturated heterocycles. The van der Waals surface area contributed by atoms with Gasteiger partial charge in [-0.15, -0.1) is 0 Å². The zero-order valence-electron chi connectivity index (χ0n) is 13.0. The van der Waals surface area contributed by atoms with Crippen molar-refractivity contribution in [1.29, 1.82) is 0 Å². The van der Waals surface area contributed by atoms with E-state index in [2.05, 4.69) is 36.2 Å². The van der Waals surface area contributed by atoms with E-state index >= 15 is 0 Å². The molecule has 3 fully saturated rings. The van der Waals surface area contributed by atoms with Crippen LogP contribution in [0.2, 0.25) is 0 Å². The summed E-state index contributed by atoms with van der Waals surface area (Å²) >= 11 is 0. The molecular formula is C18H21N3O. The van der Waals surface area contributed by atoms with Crippen molar-refractivity contribution in [3.05, 3.63) is 51.7 Å². The van der Waals surface area contributed by atoms with Crippen LogP contribution in [-0.2, 0) is 6.42 Å². The first-order valence-corrected chi connectivity index (χ1v) is 8.36. The van der Waals surface area contributed by atoms with Crippen molar-refractivity contribution in [2.24, 2.45) is 5.92 Å². The lowest BCUT2D eigenvalue weighted by Crippen LogP contribution is -2.49. The third-order valence-corrected chi connectivity index (χ3v) is 5.82. The first-order chi connectivity index (χ1) is 10.7. The van der Waals surface area contributed by atoms with Gasteiger partial charge in [0.1, 0.15) is 0 Å². The minimum Gasteiger partial charge on any atom is -0.301 e. The maximum absolute atomic E-state index is 13.0. The molecule has 1 unspecified atom stereocenters. The van der Waals surface area contributed by atoms with Gasteiger partial charge in [-0.3, -0.25) is 9.13 Å². The fourth-order valence-electron chi connectivity index (χ4n) is 4.61. The highest BCUT2D eigenvalue weighted by molar-refractivity contribution is 5.51. The summed E-state index contributed by atoms with van der Waals surface area (Å²) in [4.78, 5) is 15.5. The van der Waals surface area contributed by atoms with Crippen molar-refractivity contribution in [3.63, 3.8) is 0 Å². The van der Waals surface area contributed by atoms with Gasteiger partial charge in [-0.05, 0) is 56.0 Å². The van der Waals surface area contributed by atoms with Gasteiger partial charge in [-0.25, -0.2) is 4.79 Å². The van der Waals surface area contributed by atoms with Gasteiger partial charge in [0.05, 0.1) is 11.7 Å². The number of imidazole rings is 1. The molecule has 0 amide bonds. The number of piperidine rings is 3. The van der Waals surface area contributed by atoms with E-state index in [9.17, 15) is 4.79 Å². The monoisotopic (exact) mass is 295 g/mol. The predicted octanol–water partition coefficient (Wildman–Crippen LogP) is 2.12. The third kappa shape index (κ3) is 1.64. The number of nitrogens with zero attached hydrogens (tertiary/aromatic N) is 3. The molecule has 1 aromatic carbocycles. The zero-order valence-corrected chi connectivity index (χ0v) is 13.0. The van der Waals surface area contributed by atoms with E-state index in [1.165, 1.54) is 37.1 Å². The van der Waals surface area contributed by atoms with Gasteiger partial charge < -0.3 is 4.90 Å². The lowest BCUT2D eigenvalue weighted by atomic mass is 9.84. The second kappa shape index (κ2) is 4.35. The van der Waals surface area contributed by atoms with Crippen LogP contribution in [0.1, 0.15) is 35.7 Å². The normalized spacial score (nSPS) is 28.7.